The van der Waals surface area contributed by atoms with Gasteiger partial charge in [0, 0.05) is 26.1 Å². The number of hydrogen-bond acceptors (Lipinski definition) is 8. The topological polar surface area (TPSA) is 186 Å². The van der Waals surface area contributed by atoms with E-state index in [1.807, 2.05) is 13.8 Å². The monoisotopic (exact) mass is 747 g/mol. The number of imide groups is 1. The Morgan fingerprint density at radius 1 is 0.630 bits per heavy atom. The predicted octanol–water partition coefficient (Wildman–Crippen LogP) is 0.500. The van der Waals surface area contributed by atoms with E-state index in [-0.39, 0.29) is 37.0 Å². The zero-order valence-corrected chi connectivity index (χ0v) is 31.6. The molecule has 5 aliphatic heterocycles. The highest BCUT2D eigenvalue weighted by molar-refractivity contribution is 6.10. The summed E-state index contributed by atoms with van der Waals surface area (Å²) in [6, 6.07) is 1.59. The van der Waals surface area contributed by atoms with Crippen molar-refractivity contribution in [3.8, 4) is 0 Å². The SMILES string of the molecule is CC(C)C[C@@H]1NC(=O)[C@H](C(C)C)NC(=O)[C@H](Cc2ccccc2)N2C(=O)C[C@H](NC(=O)[C@@H]3CCCN3C(=O)[C@@H]3CCCN3C(=O)[C@@H]3CCCN3C1=O)C2=O. The fourth-order valence-electron chi connectivity index (χ4n) is 8.70. The summed E-state index contributed by atoms with van der Waals surface area (Å²) < 4.78 is 0. The molecule has 54 heavy (non-hydrogen) atoms. The Kier molecular flexibility index (Phi) is 11.7. The molecule has 1 aromatic carbocycles. The highest BCUT2D eigenvalue weighted by Gasteiger charge is 2.50. The molecular formula is C39H53N7O8. The normalized spacial score (nSPS) is 30.4. The van der Waals surface area contributed by atoms with Crippen LogP contribution in [0.3, 0.4) is 0 Å². The summed E-state index contributed by atoms with van der Waals surface area (Å²) in [5.41, 5.74) is 0.667. The van der Waals surface area contributed by atoms with Gasteiger partial charge in [-0.1, -0.05) is 58.0 Å². The molecule has 0 aliphatic carbocycles. The molecule has 15 nitrogen and oxygen atoms in total. The van der Waals surface area contributed by atoms with Crippen molar-refractivity contribution in [3.63, 3.8) is 0 Å². The summed E-state index contributed by atoms with van der Waals surface area (Å²) in [6.45, 7) is 8.26. The third-order valence-corrected chi connectivity index (χ3v) is 11.4. The molecule has 5 heterocycles. The van der Waals surface area contributed by atoms with Crippen LogP contribution >= 0.6 is 0 Å². The summed E-state index contributed by atoms with van der Waals surface area (Å²) in [7, 11) is 0. The van der Waals surface area contributed by atoms with E-state index in [2.05, 4.69) is 16.0 Å². The molecule has 1 aromatic rings. The van der Waals surface area contributed by atoms with E-state index in [4.69, 9.17) is 0 Å². The number of carbonyl (C=O) groups excluding carboxylic acids is 8. The molecule has 5 saturated heterocycles. The quantitative estimate of drug-likeness (QED) is 0.364. The molecule has 8 amide bonds. The van der Waals surface area contributed by atoms with Crippen LogP contribution in [-0.4, -0.2) is 129 Å². The van der Waals surface area contributed by atoms with Gasteiger partial charge in [-0.25, -0.2) is 0 Å². The maximum absolute atomic E-state index is 14.3. The van der Waals surface area contributed by atoms with Gasteiger partial charge in [-0.3, -0.25) is 43.3 Å². The van der Waals surface area contributed by atoms with Gasteiger partial charge in [0.2, 0.25) is 41.4 Å². The first-order valence-corrected chi connectivity index (χ1v) is 19.5. The van der Waals surface area contributed by atoms with Crippen molar-refractivity contribution in [3.05, 3.63) is 35.9 Å². The van der Waals surface area contributed by atoms with Crippen molar-refractivity contribution >= 4 is 47.3 Å². The molecule has 0 saturated carbocycles. The second-order valence-electron chi connectivity index (χ2n) is 16.1. The number of hydrogen-bond donors (Lipinski definition) is 3. The minimum atomic E-state index is -1.35. The van der Waals surface area contributed by atoms with Gasteiger partial charge in [0.25, 0.3) is 5.91 Å². The average molecular weight is 748 g/mol. The Bertz CT molecular complexity index is 1670. The van der Waals surface area contributed by atoms with E-state index in [0.29, 0.717) is 63.7 Å². The number of amides is 8. The summed E-state index contributed by atoms with van der Waals surface area (Å²) in [5.74, 6) is -4.92. The lowest BCUT2D eigenvalue weighted by Gasteiger charge is -2.35. The summed E-state index contributed by atoms with van der Waals surface area (Å²) >= 11 is 0. The lowest BCUT2D eigenvalue weighted by Crippen LogP contribution is -2.60. The maximum Gasteiger partial charge on any atom is 0.253 e. The molecule has 0 spiro atoms. The molecule has 5 aliphatic rings. The van der Waals surface area contributed by atoms with Gasteiger partial charge in [-0.2, -0.15) is 0 Å². The zero-order valence-electron chi connectivity index (χ0n) is 31.6. The van der Waals surface area contributed by atoms with Gasteiger partial charge in [0.1, 0.15) is 42.3 Å². The fourth-order valence-corrected chi connectivity index (χ4v) is 8.70. The number of nitrogens with zero attached hydrogens (tertiary/aromatic N) is 4. The van der Waals surface area contributed by atoms with Gasteiger partial charge in [0.05, 0.1) is 6.42 Å². The zero-order chi connectivity index (χ0) is 38.8. The van der Waals surface area contributed by atoms with Crippen molar-refractivity contribution in [2.75, 3.05) is 19.6 Å². The van der Waals surface area contributed by atoms with E-state index in [9.17, 15) is 38.4 Å². The van der Waals surface area contributed by atoms with Gasteiger partial charge in [0.15, 0.2) is 0 Å². The molecule has 15 heteroatoms. The van der Waals surface area contributed by atoms with Crippen LogP contribution in [0.2, 0.25) is 0 Å². The van der Waals surface area contributed by atoms with Gasteiger partial charge in [-0.05, 0) is 62.3 Å². The van der Waals surface area contributed by atoms with Crippen LogP contribution in [0.25, 0.3) is 0 Å². The van der Waals surface area contributed by atoms with Gasteiger partial charge in [-0.15, -0.1) is 0 Å². The van der Waals surface area contributed by atoms with Crippen LogP contribution < -0.4 is 16.0 Å². The highest BCUT2D eigenvalue weighted by Crippen LogP contribution is 2.30. The molecule has 6 rings (SSSR count). The van der Waals surface area contributed by atoms with Gasteiger partial charge >= 0.3 is 0 Å². The van der Waals surface area contributed by atoms with E-state index < -0.39 is 83.7 Å². The van der Waals surface area contributed by atoms with E-state index in [1.165, 1.54) is 9.80 Å². The minimum Gasteiger partial charge on any atom is -0.342 e. The second-order valence-corrected chi connectivity index (χ2v) is 16.1. The lowest BCUT2D eigenvalue weighted by atomic mass is 9.98. The summed E-state index contributed by atoms with van der Waals surface area (Å²) in [5, 5.41) is 8.37. The molecule has 0 aromatic heterocycles. The standard InChI is InChI=1S/C39H53N7O8/c1-22(2)19-25-36(51)44-17-9-14-28(44)39(54)45-18-10-15-29(45)38(53)43-16-8-13-27(43)33(48)40-26-21-31(47)46(37(26)52)30(20-24-11-6-5-7-12-24)34(49)42-32(23(3)4)35(50)41-25/h5-7,11-12,22-23,25-30,32H,8-10,13-21H2,1-4H3,(H,40,48)(H,41,50)(H,42,49)/t25-,26-,27-,28-,29-,30-,32-/m0/s1. The first kappa shape index (κ1) is 38.9. The molecule has 0 unspecified atom stereocenters. The largest absolute Gasteiger partial charge is 0.342 e. The third-order valence-electron chi connectivity index (χ3n) is 11.4. The number of nitrogens with one attached hydrogen (secondary N) is 3. The van der Waals surface area contributed by atoms with Crippen LogP contribution in [0.5, 0.6) is 0 Å². The first-order chi connectivity index (χ1) is 25.8. The minimum absolute atomic E-state index is 0.0155. The fraction of sp³-hybridized carbons (Fsp3) is 0.641. The van der Waals surface area contributed by atoms with E-state index in [1.54, 1.807) is 49.1 Å². The lowest BCUT2D eigenvalue weighted by molar-refractivity contribution is -0.151. The van der Waals surface area contributed by atoms with E-state index in [0.717, 1.165) is 4.90 Å². The molecule has 0 radical (unpaired) electrons. The van der Waals surface area contributed by atoms with Gasteiger partial charge < -0.3 is 30.7 Å². The Morgan fingerprint density at radius 2 is 1.19 bits per heavy atom. The molecule has 7 atom stereocenters. The van der Waals surface area contributed by atoms with Crippen molar-refractivity contribution in [1.82, 2.24) is 35.6 Å². The van der Waals surface area contributed by atoms with Crippen molar-refractivity contribution in [2.45, 2.75) is 128 Å². The van der Waals surface area contributed by atoms with Crippen molar-refractivity contribution in [2.24, 2.45) is 11.8 Å². The smallest absolute Gasteiger partial charge is 0.253 e. The Hall–Kier alpha value is -4.82. The summed E-state index contributed by atoms with van der Waals surface area (Å²) in [4.78, 5) is 118. The summed E-state index contributed by atoms with van der Waals surface area (Å²) in [6.07, 6.45) is 2.73. The number of benzene rings is 1. The first-order valence-electron chi connectivity index (χ1n) is 19.5. The van der Waals surface area contributed by atoms with Crippen LogP contribution in [0.4, 0.5) is 0 Å². The Morgan fingerprint density at radius 3 is 1.76 bits per heavy atom. The molecular weight excluding hydrogens is 694 g/mol. The Labute approximate surface area is 315 Å². The molecule has 2 bridgehead atoms. The van der Waals surface area contributed by atoms with Crippen LogP contribution in [0.1, 0.15) is 84.6 Å². The predicted molar refractivity (Wildman–Crippen MR) is 195 cm³/mol. The molecule has 292 valence electrons. The second kappa shape index (κ2) is 16.3. The number of fused-ring (bicyclic) bond motifs is 5. The third kappa shape index (κ3) is 7.85. The molecule has 3 N–H and O–H groups in total. The van der Waals surface area contributed by atoms with Crippen LogP contribution in [0.15, 0.2) is 30.3 Å². The van der Waals surface area contributed by atoms with E-state index >= 15 is 0 Å². The van der Waals surface area contributed by atoms with Crippen molar-refractivity contribution in [1.29, 1.82) is 0 Å². The molecule has 5 fully saturated rings. The maximum atomic E-state index is 14.3. The number of carbonyl (C=O) groups is 8. The van der Waals surface area contributed by atoms with Crippen molar-refractivity contribution < 1.29 is 38.4 Å². The number of rotatable bonds is 5. The highest BCUT2D eigenvalue weighted by atomic mass is 16.2. The Balaban J connectivity index is 1.38. The van der Waals surface area contributed by atoms with Crippen LogP contribution in [0, 0.1) is 11.8 Å². The van der Waals surface area contributed by atoms with Crippen LogP contribution in [-0.2, 0) is 44.8 Å². The average Bonchev–Trinajstić information content (AvgIpc) is 3.96.